The first kappa shape index (κ1) is 20.4. The Hall–Kier alpha value is -2.90. The largest absolute Gasteiger partial charge is 0.444 e. The van der Waals surface area contributed by atoms with Gasteiger partial charge >= 0.3 is 6.09 Å². The number of aromatic nitrogens is 2. The maximum absolute atomic E-state index is 13.0. The Morgan fingerprint density at radius 1 is 1.20 bits per heavy atom. The van der Waals surface area contributed by atoms with Crippen molar-refractivity contribution >= 4 is 28.7 Å². The fourth-order valence-electron chi connectivity index (χ4n) is 4.41. The number of rotatable bonds is 3. The number of ketones is 1. The van der Waals surface area contributed by atoms with Gasteiger partial charge in [-0.2, -0.15) is 0 Å². The van der Waals surface area contributed by atoms with Crippen LogP contribution in [0.4, 0.5) is 10.7 Å². The second-order valence-corrected chi connectivity index (χ2v) is 9.45. The van der Waals surface area contributed by atoms with Gasteiger partial charge in [0.25, 0.3) is 5.56 Å². The standard InChI is InChI=1S/C22H28N4O4/c1-11-7-13(12(2)27)17-14(8-11)19(28)25(6)20(23-17)26-9-15-16(10-26)18(15)24-21(29)30-22(3,4)5/h7-8,15-16,18H,9-10H2,1-6H3,(H,24,29). The summed E-state index contributed by atoms with van der Waals surface area (Å²) in [5, 5.41) is 3.41. The van der Waals surface area contributed by atoms with Gasteiger partial charge in [-0.25, -0.2) is 9.78 Å². The summed E-state index contributed by atoms with van der Waals surface area (Å²) >= 11 is 0. The predicted octanol–water partition coefficient (Wildman–Crippen LogP) is 2.40. The Morgan fingerprint density at radius 2 is 1.83 bits per heavy atom. The van der Waals surface area contributed by atoms with E-state index in [2.05, 4.69) is 10.2 Å². The van der Waals surface area contributed by atoms with Crippen LogP contribution in [0, 0.1) is 18.8 Å². The number of fused-ring (bicyclic) bond motifs is 2. The molecule has 2 aliphatic rings. The van der Waals surface area contributed by atoms with Gasteiger partial charge in [0.1, 0.15) is 5.60 Å². The zero-order chi connectivity index (χ0) is 22.0. The molecule has 2 aromatic rings. The maximum atomic E-state index is 13.0. The number of hydrogen-bond acceptors (Lipinski definition) is 6. The molecule has 1 saturated carbocycles. The van der Waals surface area contributed by atoms with Crippen LogP contribution >= 0.6 is 0 Å². The molecule has 2 heterocycles. The van der Waals surface area contributed by atoms with E-state index in [1.165, 1.54) is 6.92 Å². The monoisotopic (exact) mass is 412 g/mol. The SMILES string of the molecule is CC(=O)c1cc(C)cc2c(=O)n(C)c(N3CC4C(C3)C4NC(=O)OC(C)(C)C)nc12. The Bertz CT molecular complexity index is 1100. The van der Waals surface area contributed by atoms with E-state index in [9.17, 15) is 14.4 Å². The van der Waals surface area contributed by atoms with Crippen molar-refractivity contribution in [3.05, 3.63) is 33.6 Å². The van der Waals surface area contributed by atoms with Gasteiger partial charge < -0.3 is 15.0 Å². The maximum Gasteiger partial charge on any atom is 0.407 e. The van der Waals surface area contributed by atoms with Gasteiger partial charge in [0.15, 0.2) is 5.78 Å². The lowest BCUT2D eigenvalue weighted by Crippen LogP contribution is -2.39. The van der Waals surface area contributed by atoms with Crippen LogP contribution in [-0.2, 0) is 11.8 Å². The first-order valence-electron chi connectivity index (χ1n) is 10.2. The van der Waals surface area contributed by atoms with Crippen LogP contribution in [0.2, 0.25) is 0 Å². The molecule has 160 valence electrons. The molecule has 8 heteroatoms. The van der Waals surface area contributed by atoms with Gasteiger partial charge in [-0.3, -0.25) is 14.2 Å². The quantitative estimate of drug-likeness (QED) is 0.778. The third kappa shape index (κ3) is 3.55. The van der Waals surface area contributed by atoms with Gasteiger partial charge in [-0.05, 0) is 52.3 Å². The number of nitrogens with zero attached hydrogens (tertiary/aromatic N) is 3. The minimum absolute atomic E-state index is 0.0871. The number of Topliss-reactive ketones (excluding diaryl/α,β-unsaturated/α-hetero) is 1. The predicted molar refractivity (Wildman–Crippen MR) is 114 cm³/mol. The van der Waals surface area contributed by atoms with Gasteiger partial charge in [-0.1, -0.05) is 0 Å². The Kier molecular flexibility index (Phi) is 4.63. The lowest BCUT2D eigenvalue weighted by molar-refractivity contribution is 0.0518. The highest BCUT2D eigenvalue weighted by Gasteiger charge is 2.57. The van der Waals surface area contributed by atoms with Crippen molar-refractivity contribution in [3.63, 3.8) is 0 Å². The molecule has 0 radical (unpaired) electrons. The van der Waals surface area contributed by atoms with Crippen LogP contribution in [0.25, 0.3) is 10.9 Å². The molecule has 1 saturated heterocycles. The summed E-state index contributed by atoms with van der Waals surface area (Å²) < 4.78 is 6.89. The van der Waals surface area contributed by atoms with Crippen molar-refractivity contribution in [1.29, 1.82) is 0 Å². The second-order valence-electron chi connectivity index (χ2n) is 9.45. The van der Waals surface area contributed by atoms with Gasteiger partial charge in [0.05, 0.1) is 10.9 Å². The van der Waals surface area contributed by atoms with Crippen molar-refractivity contribution in [2.24, 2.45) is 18.9 Å². The fraction of sp³-hybridized carbons (Fsp3) is 0.545. The molecule has 30 heavy (non-hydrogen) atoms. The van der Waals surface area contributed by atoms with E-state index in [0.29, 0.717) is 47.3 Å². The third-order valence-electron chi connectivity index (χ3n) is 5.84. The number of ether oxygens (including phenoxy) is 1. The van der Waals surface area contributed by atoms with Crippen molar-refractivity contribution in [2.75, 3.05) is 18.0 Å². The minimum atomic E-state index is -0.528. The van der Waals surface area contributed by atoms with E-state index in [1.807, 2.05) is 27.7 Å². The van der Waals surface area contributed by atoms with Crippen LogP contribution in [-0.4, -0.2) is 46.2 Å². The van der Waals surface area contributed by atoms with Crippen molar-refractivity contribution in [3.8, 4) is 0 Å². The number of carbonyl (C=O) groups is 2. The summed E-state index contributed by atoms with van der Waals surface area (Å²) in [4.78, 5) is 43.9. The van der Waals surface area contributed by atoms with E-state index in [4.69, 9.17) is 9.72 Å². The lowest BCUT2D eigenvalue weighted by atomic mass is 10.0. The van der Waals surface area contributed by atoms with Crippen molar-refractivity contribution < 1.29 is 14.3 Å². The molecule has 0 spiro atoms. The van der Waals surface area contributed by atoms with E-state index in [0.717, 1.165) is 5.56 Å². The molecule has 1 N–H and O–H groups in total. The molecule has 4 rings (SSSR count). The molecule has 1 amide bonds. The smallest absolute Gasteiger partial charge is 0.407 e. The number of benzene rings is 1. The van der Waals surface area contributed by atoms with E-state index < -0.39 is 11.7 Å². The highest BCUT2D eigenvalue weighted by molar-refractivity contribution is 6.05. The van der Waals surface area contributed by atoms with E-state index >= 15 is 0 Å². The second kappa shape index (κ2) is 6.82. The first-order chi connectivity index (χ1) is 14.0. The average Bonchev–Trinajstić information content (AvgIpc) is 3.06. The fourth-order valence-corrected chi connectivity index (χ4v) is 4.41. The normalized spacial score (nSPS) is 22.7. The number of alkyl carbamates (subject to hydrolysis) is 1. The number of amides is 1. The highest BCUT2D eigenvalue weighted by atomic mass is 16.6. The zero-order valence-corrected chi connectivity index (χ0v) is 18.3. The molecule has 1 aliphatic carbocycles. The van der Waals surface area contributed by atoms with E-state index in [-0.39, 0.29) is 17.4 Å². The van der Waals surface area contributed by atoms with E-state index in [1.54, 1.807) is 23.7 Å². The van der Waals surface area contributed by atoms with Crippen molar-refractivity contribution in [2.45, 2.75) is 46.3 Å². The van der Waals surface area contributed by atoms with Crippen LogP contribution in [0.15, 0.2) is 16.9 Å². The summed E-state index contributed by atoms with van der Waals surface area (Å²) in [5.74, 6) is 1.05. The molecule has 2 unspecified atom stereocenters. The number of anilines is 1. The summed E-state index contributed by atoms with van der Waals surface area (Å²) in [5.41, 5.74) is 1.09. The molecule has 8 nitrogen and oxygen atoms in total. The van der Waals surface area contributed by atoms with Gasteiger partial charge in [0, 0.05) is 43.6 Å². The minimum Gasteiger partial charge on any atom is -0.444 e. The number of aryl methyl sites for hydroxylation is 1. The molecule has 1 aromatic carbocycles. The van der Waals surface area contributed by atoms with Gasteiger partial charge in [0.2, 0.25) is 5.95 Å². The molecule has 0 bridgehead atoms. The third-order valence-corrected chi connectivity index (χ3v) is 5.84. The number of piperidine rings is 1. The van der Waals surface area contributed by atoms with Crippen LogP contribution in [0.1, 0.15) is 43.6 Å². The lowest BCUT2D eigenvalue weighted by Gasteiger charge is -2.24. The Balaban J connectivity index is 1.57. The molecule has 1 aromatic heterocycles. The number of carbonyl (C=O) groups excluding carboxylic acids is 2. The summed E-state index contributed by atoms with van der Waals surface area (Å²) in [6.07, 6.45) is -0.397. The molecule has 2 fully saturated rings. The number of nitrogens with one attached hydrogen (secondary N) is 1. The summed E-state index contributed by atoms with van der Waals surface area (Å²) in [7, 11) is 1.71. The molecule has 2 atom stereocenters. The molecular weight excluding hydrogens is 384 g/mol. The first-order valence-corrected chi connectivity index (χ1v) is 10.2. The highest BCUT2D eigenvalue weighted by Crippen LogP contribution is 2.46. The average molecular weight is 412 g/mol. The van der Waals surface area contributed by atoms with Gasteiger partial charge in [-0.15, -0.1) is 0 Å². The molecular formula is C22H28N4O4. The number of hydrogen-bond donors (Lipinski definition) is 1. The summed E-state index contributed by atoms with van der Waals surface area (Å²) in [6.45, 7) is 10.3. The van der Waals surface area contributed by atoms with Crippen LogP contribution < -0.4 is 15.8 Å². The van der Waals surface area contributed by atoms with Crippen molar-refractivity contribution in [1.82, 2.24) is 14.9 Å². The Labute approximate surface area is 175 Å². The Morgan fingerprint density at radius 3 is 2.40 bits per heavy atom. The van der Waals surface area contributed by atoms with Crippen LogP contribution in [0.3, 0.4) is 0 Å². The topological polar surface area (TPSA) is 93.5 Å². The zero-order valence-electron chi connectivity index (χ0n) is 18.3. The van der Waals surface area contributed by atoms with Crippen LogP contribution in [0.5, 0.6) is 0 Å². The molecule has 1 aliphatic heterocycles. The summed E-state index contributed by atoms with van der Waals surface area (Å²) in [6, 6.07) is 3.65.